The van der Waals surface area contributed by atoms with Crippen molar-refractivity contribution in [2.24, 2.45) is 0 Å². The number of hydrogen-bond donors (Lipinski definition) is 1. The molecule has 1 amide bonds. The van der Waals surface area contributed by atoms with Crippen molar-refractivity contribution in [3.8, 4) is 0 Å². The Kier molecular flexibility index (Phi) is 7.08. The maximum atomic E-state index is 15.1. The van der Waals surface area contributed by atoms with Gasteiger partial charge in [0.25, 0.3) is 5.91 Å². The lowest BCUT2D eigenvalue weighted by Crippen LogP contribution is -2.66. The van der Waals surface area contributed by atoms with Crippen molar-refractivity contribution >= 4 is 17.2 Å². The van der Waals surface area contributed by atoms with E-state index in [0.29, 0.717) is 61.0 Å². The zero-order valence-corrected chi connectivity index (χ0v) is 21.7. The Balaban J connectivity index is 1.17. The minimum absolute atomic E-state index is 0.0951. The van der Waals surface area contributed by atoms with E-state index < -0.39 is 12.7 Å². The zero-order valence-electron chi connectivity index (χ0n) is 21.7. The summed E-state index contributed by atoms with van der Waals surface area (Å²) in [5.41, 5.74) is 3.97. The van der Waals surface area contributed by atoms with Crippen LogP contribution in [-0.2, 0) is 6.54 Å². The van der Waals surface area contributed by atoms with Crippen LogP contribution in [0.5, 0.6) is 0 Å². The van der Waals surface area contributed by atoms with Crippen LogP contribution in [0.3, 0.4) is 0 Å². The maximum Gasteiger partial charge on any atom is 0.401 e. The van der Waals surface area contributed by atoms with E-state index in [-0.39, 0.29) is 30.4 Å². The Bertz CT molecular complexity index is 1330. The van der Waals surface area contributed by atoms with Crippen molar-refractivity contribution in [2.45, 2.75) is 45.6 Å². The first kappa shape index (κ1) is 26.4. The molecule has 2 aliphatic heterocycles. The molecule has 0 radical (unpaired) electrons. The molecule has 7 nitrogen and oxygen atoms in total. The summed E-state index contributed by atoms with van der Waals surface area (Å²) in [7, 11) is 0. The molecule has 0 unspecified atom stereocenters. The molecule has 0 spiro atoms. The second kappa shape index (κ2) is 10.2. The van der Waals surface area contributed by atoms with Gasteiger partial charge in [0.15, 0.2) is 0 Å². The standard InChI is InChI=1S/C27H32F4N6O/c1-17-6-7-37-24(10-17)33-19(3)25(37)26(38)32-12-20-4-5-23(22(28)11-20)35-8-9-36(18(2)13-35)21-14-34(15-21)16-27(29,30)31/h4-7,10-11,18,21H,8-9,12-16H2,1-3H3,(H,32,38)/t18-/m0/s1. The molecular weight excluding hydrogens is 500 g/mol. The van der Waals surface area contributed by atoms with E-state index in [2.05, 4.69) is 15.2 Å². The summed E-state index contributed by atoms with van der Waals surface area (Å²) in [6.45, 7) is 7.77. The van der Waals surface area contributed by atoms with Gasteiger partial charge in [-0.15, -0.1) is 0 Å². The SMILES string of the molecule is Cc1ccn2c(C(=O)NCc3ccc(N4CCN(C5CN(CC(F)(F)F)C5)[C@@H](C)C4)c(F)c3)c(C)nc2c1. The van der Waals surface area contributed by atoms with E-state index in [1.54, 1.807) is 23.5 Å². The lowest BCUT2D eigenvalue weighted by Gasteiger charge is -2.51. The minimum atomic E-state index is -4.17. The topological polar surface area (TPSA) is 56.1 Å². The quantitative estimate of drug-likeness (QED) is 0.490. The lowest BCUT2D eigenvalue weighted by molar-refractivity contribution is -0.161. The first-order chi connectivity index (χ1) is 18.0. The number of fused-ring (bicyclic) bond motifs is 1. The zero-order chi connectivity index (χ0) is 27.2. The highest BCUT2D eigenvalue weighted by atomic mass is 19.4. The fourth-order valence-electron chi connectivity index (χ4n) is 5.59. The second-order valence-corrected chi connectivity index (χ2v) is 10.4. The van der Waals surface area contributed by atoms with Gasteiger partial charge < -0.3 is 10.2 Å². The number of anilines is 1. The largest absolute Gasteiger partial charge is 0.401 e. The van der Waals surface area contributed by atoms with Crippen LogP contribution in [-0.4, -0.2) is 82.6 Å². The molecule has 1 N–H and O–H groups in total. The van der Waals surface area contributed by atoms with Crippen LogP contribution in [0.1, 0.15) is 34.2 Å². The van der Waals surface area contributed by atoms with E-state index in [0.717, 1.165) is 5.56 Å². The van der Waals surface area contributed by atoms with Gasteiger partial charge in [-0.25, -0.2) is 9.37 Å². The molecule has 0 bridgehead atoms. The third-order valence-electron chi connectivity index (χ3n) is 7.47. The van der Waals surface area contributed by atoms with Gasteiger partial charge in [0.2, 0.25) is 0 Å². The predicted molar refractivity (Wildman–Crippen MR) is 137 cm³/mol. The average Bonchev–Trinajstić information content (AvgIpc) is 3.14. The molecule has 11 heteroatoms. The van der Waals surface area contributed by atoms with Crippen molar-refractivity contribution in [2.75, 3.05) is 44.2 Å². The summed E-state index contributed by atoms with van der Waals surface area (Å²) in [6, 6.07) is 9.00. The van der Waals surface area contributed by atoms with Gasteiger partial charge in [-0.3, -0.25) is 19.0 Å². The Labute approximate surface area is 219 Å². The molecule has 1 aromatic carbocycles. The molecule has 0 aliphatic carbocycles. The third kappa shape index (κ3) is 5.49. The first-order valence-electron chi connectivity index (χ1n) is 12.8. The highest BCUT2D eigenvalue weighted by molar-refractivity contribution is 5.94. The number of aromatic nitrogens is 2. The van der Waals surface area contributed by atoms with Gasteiger partial charge in [-0.2, -0.15) is 13.2 Å². The number of alkyl halides is 3. The highest BCUT2D eigenvalue weighted by Gasteiger charge is 2.41. The summed E-state index contributed by atoms with van der Waals surface area (Å²) in [4.78, 5) is 23.0. The third-order valence-corrected chi connectivity index (χ3v) is 7.47. The summed E-state index contributed by atoms with van der Waals surface area (Å²) >= 11 is 0. The molecule has 2 aliphatic rings. The number of carbonyl (C=O) groups excluding carboxylic acids is 1. The van der Waals surface area contributed by atoms with Gasteiger partial charge in [-0.05, 0) is 56.2 Å². The molecule has 4 heterocycles. The van der Waals surface area contributed by atoms with E-state index in [9.17, 15) is 18.0 Å². The van der Waals surface area contributed by atoms with Crippen LogP contribution in [0.15, 0.2) is 36.5 Å². The molecule has 0 saturated carbocycles. The van der Waals surface area contributed by atoms with Crippen LogP contribution in [0.4, 0.5) is 23.2 Å². The maximum absolute atomic E-state index is 15.1. The number of piperazine rings is 1. The molecule has 38 heavy (non-hydrogen) atoms. The summed E-state index contributed by atoms with van der Waals surface area (Å²) < 4.78 is 54.6. The first-order valence-corrected chi connectivity index (χ1v) is 12.8. The number of benzene rings is 1. The number of aryl methyl sites for hydroxylation is 2. The number of nitrogens with zero attached hydrogens (tertiary/aromatic N) is 5. The van der Waals surface area contributed by atoms with Crippen molar-refractivity contribution in [1.29, 1.82) is 0 Å². The molecule has 2 aromatic heterocycles. The van der Waals surface area contributed by atoms with Crippen molar-refractivity contribution in [3.63, 3.8) is 0 Å². The molecular formula is C27H32F4N6O. The van der Waals surface area contributed by atoms with E-state index >= 15 is 4.39 Å². The number of nitrogens with one attached hydrogen (secondary N) is 1. The van der Waals surface area contributed by atoms with Gasteiger partial charge >= 0.3 is 6.18 Å². The predicted octanol–water partition coefficient (Wildman–Crippen LogP) is 3.78. The number of rotatable bonds is 6. The van der Waals surface area contributed by atoms with E-state index in [1.807, 2.05) is 37.1 Å². The van der Waals surface area contributed by atoms with Gasteiger partial charge in [0.05, 0.1) is 17.9 Å². The van der Waals surface area contributed by atoms with Crippen molar-refractivity contribution in [1.82, 2.24) is 24.5 Å². The molecule has 2 fully saturated rings. The van der Waals surface area contributed by atoms with Crippen LogP contribution < -0.4 is 10.2 Å². The number of halogens is 4. The Hall–Kier alpha value is -3.18. The highest BCUT2D eigenvalue weighted by Crippen LogP contribution is 2.28. The normalized spacial score (nSPS) is 19.7. The minimum Gasteiger partial charge on any atom is -0.366 e. The smallest absolute Gasteiger partial charge is 0.366 e. The second-order valence-electron chi connectivity index (χ2n) is 10.4. The number of amides is 1. The average molecular weight is 533 g/mol. The monoisotopic (exact) mass is 532 g/mol. The molecule has 1 atom stereocenters. The van der Waals surface area contributed by atoms with Gasteiger partial charge in [0, 0.05) is 57.5 Å². The summed E-state index contributed by atoms with van der Waals surface area (Å²) in [5, 5.41) is 2.87. The fourth-order valence-corrected chi connectivity index (χ4v) is 5.59. The van der Waals surface area contributed by atoms with Crippen molar-refractivity contribution < 1.29 is 22.4 Å². The Morgan fingerprint density at radius 1 is 1.11 bits per heavy atom. The number of likely N-dealkylation sites (tertiary alicyclic amines) is 1. The number of carbonyl (C=O) groups is 1. The summed E-state index contributed by atoms with van der Waals surface area (Å²) in [5.74, 6) is -0.642. The van der Waals surface area contributed by atoms with Gasteiger partial charge in [0.1, 0.15) is 17.2 Å². The number of pyridine rings is 1. The van der Waals surface area contributed by atoms with Crippen LogP contribution in [0.2, 0.25) is 0 Å². The van der Waals surface area contributed by atoms with Crippen LogP contribution in [0, 0.1) is 19.7 Å². The van der Waals surface area contributed by atoms with E-state index in [1.165, 1.54) is 11.0 Å². The molecule has 204 valence electrons. The van der Waals surface area contributed by atoms with Crippen molar-refractivity contribution in [3.05, 3.63) is 64.9 Å². The fraction of sp³-hybridized carbons (Fsp3) is 0.481. The van der Waals surface area contributed by atoms with E-state index in [4.69, 9.17) is 0 Å². The molecule has 3 aromatic rings. The Morgan fingerprint density at radius 2 is 1.87 bits per heavy atom. The lowest BCUT2D eigenvalue weighted by atomic mass is 10.0. The van der Waals surface area contributed by atoms with Crippen LogP contribution >= 0.6 is 0 Å². The van der Waals surface area contributed by atoms with Gasteiger partial charge in [-0.1, -0.05) is 6.07 Å². The Morgan fingerprint density at radius 3 is 2.55 bits per heavy atom. The summed E-state index contributed by atoms with van der Waals surface area (Å²) in [6.07, 6.45) is -2.35. The van der Waals surface area contributed by atoms with Crippen LogP contribution in [0.25, 0.3) is 5.65 Å². The number of hydrogen-bond acceptors (Lipinski definition) is 5. The molecule has 5 rings (SSSR count). The number of imidazole rings is 1. The molecule has 2 saturated heterocycles.